The van der Waals surface area contributed by atoms with Crippen LogP contribution in [-0.4, -0.2) is 20.3 Å². The van der Waals surface area contributed by atoms with Gasteiger partial charge in [-0.3, -0.25) is 0 Å². The molecule has 2 heterocycles. The lowest BCUT2D eigenvalue weighted by Crippen LogP contribution is -2.15. The van der Waals surface area contributed by atoms with Gasteiger partial charge in [-0.15, -0.1) is 11.3 Å². The molecule has 1 N–H and O–H groups in total. The molecular formula is C26H33FN4OS2. The first-order chi connectivity index (χ1) is 16.8. The number of aromatic nitrogens is 3. The molecule has 2 aromatic carbocycles. The predicted molar refractivity (Wildman–Crippen MR) is 143 cm³/mol. The molecule has 5 nitrogen and oxygen atoms in total. The maximum Gasteiger partial charge on any atom is 0.187 e. The van der Waals surface area contributed by atoms with Crippen LogP contribution in [0.1, 0.15) is 59.8 Å². The minimum atomic E-state index is -0.356. The van der Waals surface area contributed by atoms with Gasteiger partial charge in [-0.1, -0.05) is 59.1 Å². The quantitative estimate of drug-likeness (QED) is 0.287. The zero-order valence-electron chi connectivity index (χ0n) is 20.3. The lowest BCUT2D eigenvalue weighted by Gasteiger charge is -2.21. The van der Waals surface area contributed by atoms with Crippen LogP contribution < -0.4 is 10.1 Å². The van der Waals surface area contributed by atoms with Crippen molar-refractivity contribution in [3.8, 4) is 17.0 Å². The number of benzene rings is 2. The summed E-state index contributed by atoms with van der Waals surface area (Å²) >= 11 is 2.66. The Morgan fingerprint density at radius 1 is 1.03 bits per heavy atom. The first-order valence-corrected chi connectivity index (χ1v) is 13.7. The molecule has 5 rings (SSSR count). The van der Waals surface area contributed by atoms with E-state index >= 15 is 0 Å². The Morgan fingerprint density at radius 3 is 2.59 bits per heavy atom. The first-order valence-electron chi connectivity index (χ1n) is 12.1. The van der Waals surface area contributed by atoms with Crippen LogP contribution in [0.3, 0.4) is 0 Å². The van der Waals surface area contributed by atoms with Crippen LogP contribution in [0.2, 0.25) is 0 Å². The number of ether oxygens (including phenoxy) is 1. The smallest absolute Gasteiger partial charge is 0.187 e. The summed E-state index contributed by atoms with van der Waals surface area (Å²) in [4.78, 5) is 4.65. The second-order valence-electron chi connectivity index (χ2n) is 7.56. The Labute approximate surface area is 209 Å². The van der Waals surface area contributed by atoms with Crippen LogP contribution in [0, 0.1) is 11.7 Å². The highest BCUT2D eigenvalue weighted by Gasteiger charge is 2.16. The van der Waals surface area contributed by atoms with Gasteiger partial charge in [0, 0.05) is 22.7 Å². The van der Waals surface area contributed by atoms with Gasteiger partial charge in [-0.2, -0.15) is 8.75 Å². The van der Waals surface area contributed by atoms with E-state index in [1.165, 1.54) is 61.2 Å². The molecule has 0 unspecified atom stereocenters. The summed E-state index contributed by atoms with van der Waals surface area (Å²) in [6, 6.07) is 10.9. The Bertz CT molecular complexity index is 1150. The number of hydrogen-bond donors (Lipinski definition) is 1. The molecule has 1 aliphatic rings. The number of nitrogens with one attached hydrogen (secondary N) is 1. The lowest BCUT2D eigenvalue weighted by molar-refractivity contribution is 0.202. The Balaban J connectivity index is 0.000000771. The van der Waals surface area contributed by atoms with Gasteiger partial charge in [0.05, 0.1) is 24.0 Å². The van der Waals surface area contributed by atoms with Gasteiger partial charge in [0.1, 0.15) is 11.0 Å². The summed E-state index contributed by atoms with van der Waals surface area (Å²) in [6.45, 7) is 8.59. The van der Waals surface area contributed by atoms with Crippen molar-refractivity contribution in [1.82, 2.24) is 13.7 Å². The Hall–Kier alpha value is -2.58. The molecule has 182 valence electrons. The lowest BCUT2D eigenvalue weighted by atomic mass is 9.90. The van der Waals surface area contributed by atoms with E-state index in [9.17, 15) is 4.39 Å². The van der Waals surface area contributed by atoms with E-state index in [1.54, 1.807) is 6.07 Å². The van der Waals surface area contributed by atoms with Gasteiger partial charge in [0.2, 0.25) is 0 Å². The molecule has 34 heavy (non-hydrogen) atoms. The summed E-state index contributed by atoms with van der Waals surface area (Å²) in [6.07, 6.45) is 6.17. The van der Waals surface area contributed by atoms with E-state index in [2.05, 4.69) is 19.0 Å². The van der Waals surface area contributed by atoms with Gasteiger partial charge in [-0.25, -0.2) is 9.37 Å². The molecule has 2 aromatic heterocycles. The molecule has 1 fully saturated rings. The van der Waals surface area contributed by atoms with Crippen LogP contribution in [-0.2, 0) is 0 Å². The van der Waals surface area contributed by atoms with Crippen LogP contribution in [0.15, 0.2) is 41.8 Å². The number of rotatable bonds is 6. The Morgan fingerprint density at radius 2 is 1.82 bits per heavy atom. The second kappa shape index (κ2) is 13.3. The second-order valence-corrected chi connectivity index (χ2v) is 8.95. The zero-order valence-corrected chi connectivity index (χ0v) is 21.9. The van der Waals surface area contributed by atoms with Crippen molar-refractivity contribution in [1.29, 1.82) is 0 Å². The third-order valence-corrected chi connectivity index (χ3v) is 6.75. The summed E-state index contributed by atoms with van der Waals surface area (Å²) in [5.41, 5.74) is 4.14. The van der Waals surface area contributed by atoms with Crippen LogP contribution >= 0.6 is 23.1 Å². The van der Waals surface area contributed by atoms with Crippen molar-refractivity contribution in [2.45, 2.75) is 59.8 Å². The summed E-state index contributed by atoms with van der Waals surface area (Å²) in [7, 11) is 0. The van der Waals surface area contributed by atoms with E-state index in [-0.39, 0.29) is 5.82 Å². The standard InChI is InChI=1S/C22H21FN4OS2.2C2H6/c23-17-11-15(9-10-20(17)28-12-14-5-2-1-3-6-14)24-22-25-19(13-29-22)16-7-4-8-18-21(16)27-30-26-18;2*1-2/h4,7-11,13-14H,1-3,5-6,12H2,(H,24,25);2*1-2H3. The molecule has 0 bridgehead atoms. The molecule has 1 saturated carbocycles. The van der Waals surface area contributed by atoms with Crippen LogP contribution in [0.5, 0.6) is 5.75 Å². The highest BCUT2D eigenvalue weighted by Crippen LogP contribution is 2.32. The van der Waals surface area contributed by atoms with Gasteiger partial charge in [0.15, 0.2) is 16.7 Å². The highest BCUT2D eigenvalue weighted by atomic mass is 32.1. The van der Waals surface area contributed by atoms with Crippen molar-refractivity contribution in [3.63, 3.8) is 0 Å². The van der Waals surface area contributed by atoms with E-state index in [4.69, 9.17) is 4.74 Å². The third kappa shape index (κ3) is 6.51. The molecular weight excluding hydrogens is 467 g/mol. The molecule has 1 aliphatic carbocycles. The monoisotopic (exact) mass is 500 g/mol. The Kier molecular flexibility index (Phi) is 10.2. The molecule has 0 saturated heterocycles. The van der Waals surface area contributed by atoms with Crippen molar-refractivity contribution < 1.29 is 9.13 Å². The average Bonchev–Trinajstić information content (AvgIpc) is 3.56. The maximum atomic E-state index is 14.5. The predicted octanol–water partition coefficient (Wildman–Crippen LogP) is 8.71. The van der Waals surface area contributed by atoms with Crippen LogP contribution in [0.4, 0.5) is 15.2 Å². The van der Waals surface area contributed by atoms with E-state index in [1.807, 2.05) is 57.3 Å². The normalized spacial score (nSPS) is 13.4. The number of halogens is 1. The van der Waals surface area contributed by atoms with Crippen molar-refractivity contribution in [2.24, 2.45) is 5.92 Å². The molecule has 0 atom stereocenters. The van der Waals surface area contributed by atoms with Crippen molar-refractivity contribution >= 4 is 44.9 Å². The summed E-state index contributed by atoms with van der Waals surface area (Å²) < 4.78 is 28.9. The molecule has 0 radical (unpaired) electrons. The van der Waals surface area contributed by atoms with Crippen LogP contribution in [0.25, 0.3) is 22.3 Å². The van der Waals surface area contributed by atoms with Gasteiger partial charge in [-0.05, 0) is 37.0 Å². The maximum absolute atomic E-state index is 14.5. The van der Waals surface area contributed by atoms with Gasteiger partial charge < -0.3 is 10.1 Å². The van der Waals surface area contributed by atoms with Crippen molar-refractivity contribution in [3.05, 3.63) is 47.6 Å². The topological polar surface area (TPSA) is 59.9 Å². The van der Waals surface area contributed by atoms with E-state index in [0.29, 0.717) is 29.1 Å². The molecule has 0 aliphatic heterocycles. The fourth-order valence-corrected chi connectivity index (χ4v) is 5.13. The molecule has 0 amide bonds. The summed E-state index contributed by atoms with van der Waals surface area (Å²) in [5.74, 6) is 0.502. The SMILES string of the molecule is CC.CC.Fc1cc(Nc2nc(-c3cccc4nsnc34)cs2)ccc1OCC1CCCCC1. The molecule has 8 heteroatoms. The largest absolute Gasteiger partial charge is 0.490 e. The first kappa shape index (κ1) is 26.0. The third-order valence-electron chi connectivity index (χ3n) is 5.45. The number of nitrogens with zero attached hydrogens (tertiary/aromatic N) is 3. The molecule has 4 aromatic rings. The van der Waals surface area contributed by atoms with Gasteiger partial charge >= 0.3 is 0 Å². The van der Waals surface area contributed by atoms with E-state index < -0.39 is 0 Å². The summed E-state index contributed by atoms with van der Waals surface area (Å²) in [5, 5.41) is 5.85. The van der Waals surface area contributed by atoms with Gasteiger partial charge in [0.25, 0.3) is 0 Å². The minimum Gasteiger partial charge on any atom is -0.490 e. The number of hydrogen-bond acceptors (Lipinski definition) is 7. The number of thiazole rings is 1. The zero-order chi connectivity index (χ0) is 24.3. The minimum absolute atomic E-state index is 0.314. The number of fused-ring (bicyclic) bond motifs is 1. The number of anilines is 2. The highest BCUT2D eigenvalue weighted by molar-refractivity contribution is 7.14. The fourth-order valence-electron chi connectivity index (χ4n) is 3.85. The molecule has 0 spiro atoms. The van der Waals surface area contributed by atoms with E-state index in [0.717, 1.165) is 22.3 Å². The average molecular weight is 501 g/mol. The fraction of sp³-hybridized carbons (Fsp3) is 0.423. The van der Waals surface area contributed by atoms with Crippen molar-refractivity contribution in [2.75, 3.05) is 11.9 Å².